The molecule has 7 nitrogen and oxygen atoms in total. The molecule has 0 spiro atoms. The summed E-state index contributed by atoms with van der Waals surface area (Å²) >= 11 is 6.56. The first-order chi connectivity index (χ1) is 21.6. The van der Waals surface area contributed by atoms with Gasteiger partial charge in [-0.3, -0.25) is 13.9 Å². The molecule has 1 unspecified atom stereocenters. The number of hydrogen-bond donors (Lipinski definition) is 1. The molecule has 0 aliphatic rings. The van der Waals surface area contributed by atoms with E-state index in [0.717, 1.165) is 28.3 Å². The third-order valence-electron chi connectivity index (χ3n) is 7.67. The maximum absolute atomic E-state index is 14.5. The van der Waals surface area contributed by atoms with Crippen LogP contribution in [0.1, 0.15) is 42.0 Å². The van der Waals surface area contributed by atoms with E-state index in [1.165, 1.54) is 4.90 Å². The average Bonchev–Trinajstić information content (AvgIpc) is 3.03. The van der Waals surface area contributed by atoms with Crippen molar-refractivity contribution in [2.75, 3.05) is 17.4 Å². The number of nitrogens with zero attached hydrogens (tertiary/aromatic N) is 2. The summed E-state index contributed by atoms with van der Waals surface area (Å²) < 4.78 is 29.5. The first kappa shape index (κ1) is 33.7. The predicted octanol–water partition coefficient (Wildman–Crippen LogP) is 6.71. The summed E-state index contributed by atoms with van der Waals surface area (Å²) in [6, 6.07) is 29.3. The van der Waals surface area contributed by atoms with Gasteiger partial charge in [0, 0.05) is 24.5 Å². The number of carbonyl (C=O) groups is 2. The lowest BCUT2D eigenvalue weighted by atomic mass is 10.0. The van der Waals surface area contributed by atoms with Crippen LogP contribution in [0.2, 0.25) is 5.02 Å². The van der Waals surface area contributed by atoms with Gasteiger partial charge in [0.05, 0.1) is 10.6 Å². The minimum Gasteiger partial charge on any atom is -0.354 e. The summed E-state index contributed by atoms with van der Waals surface area (Å²) in [5.74, 6) is -0.836. The Bertz CT molecular complexity index is 1700. The van der Waals surface area contributed by atoms with Gasteiger partial charge in [-0.15, -0.1) is 0 Å². The summed E-state index contributed by atoms with van der Waals surface area (Å²) in [4.78, 5) is 29.9. The van der Waals surface area contributed by atoms with Crippen molar-refractivity contribution in [2.45, 2.75) is 57.5 Å². The number of halogens is 1. The van der Waals surface area contributed by atoms with Crippen LogP contribution >= 0.6 is 11.6 Å². The molecule has 0 heterocycles. The fourth-order valence-corrected chi connectivity index (χ4v) is 6.74. The van der Waals surface area contributed by atoms with E-state index in [2.05, 4.69) is 5.32 Å². The summed E-state index contributed by atoms with van der Waals surface area (Å²) in [5.41, 5.74) is 3.51. The Balaban J connectivity index is 1.80. The SMILES string of the molecule is CCCCNC(=O)C(Cc1ccccc1)N(Cc1ccccc1Cl)C(=O)CN(c1ccccc1C)S(=O)(=O)c1ccc(C)cc1. The van der Waals surface area contributed by atoms with Gasteiger partial charge in [-0.25, -0.2) is 8.42 Å². The molecule has 0 aliphatic carbocycles. The molecule has 1 N–H and O–H groups in total. The number of anilines is 1. The summed E-state index contributed by atoms with van der Waals surface area (Å²) in [7, 11) is -4.17. The van der Waals surface area contributed by atoms with Crippen LogP contribution in [-0.2, 0) is 32.6 Å². The van der Waals surface area contributed by atoms with Crippen LogP contribution in [0, 0.1) is 13.8 Å². The molecule has 2 amide bonds. The molecule has 0 fully saturated rings. The number of aryl methyl sites for hydroxylation is 2. The van der Waals surface area contributed by atoms with Crippen LogP contribution in [0.15, 0.2) is 108 Å². The lowest BCUT2D eigenvalue weighted by Crippen LogP contribution is -2.53. The normalized spacial score (nSPS) is 11.9. The van der Waals surface area contributed by atoms with Gasteiger partial charge in [-0.1, -0.05) is 109 Å². The van der Waals surface area contributed by atoms with Gasteiger partial charge < -0.3 is 10.2 Å². The molecule has 236 valence electrons. The number of para-hydroxylation sites is 1. The topological polar surface area (TPSA) is 86.8 Å². The molecule has 0 aliphatic heterocycles. The van der Waals surface area contributed by atoms with E-state index < -0.39 is 28.5 Å². The van der Waals surface area contributed by atoms with Crippen molar-refractivity contribution in [3.63, 3.8) is 0 Å². The summed E-state index contributed by atoms with van der Waals surface area (Å²) in [5, 5.41) is 3.44. The first-order valence-corrected chi connectivity index (χ1v) is 16.9. The van der Waals surface area contributed by atoms with E-state index >= 15 is 0 Å². The minimum atomic E-state index is -4.17. The highest BCUT2D eigenvalue weighted by Gasteiger charge is 2.35. The Hall–Kier alpha value is -4.14. The van der Waals surface area contributed by atoms with E-state index in [0.29, 0.717) is 28.4 Å². The highest BCUT2D eigenvalue weighted by Crippen LogP contribution is 2.28. The zero-order valence-electron chi connectivity index (χ0n) is 25.9. The average molecular weight is 646 g/mol. The van der Waals surface area contributed by atoms with Crippen LogP contribution in [0.5, 0.6) is 0 Å². The van der Waals surface area contributed by atoms with Gasteiger partial charge in [-0.05, 0) is 61.2 Å². The molecule has 0 bridgehead atoms. The Kier molecular flexibility index (Phi) is 11.8. The van der Waals surface area contributed by atoms with Gasteiger partial charge in [-0.2, -0.15) is 0 Å². The Morgan fingerprint density at radius 3 is 2.16 bits per heavy atom. The van der Waals surface area contributed by atoms with Crippen molar-refractivity contribution in [3.8, 4) is 0 Å². The maximum Gasteiger partial charge on any atom is 0.264 e. The van der Waals surface area contributed by atoms with Crippen molar-refractivity contribution >= 4 is 39.1 Å². The molecule has 45 heavy (non-hydrogen) atoms. The van der Waals surface area contributed by atoms with Crippen molar-refractivity contribution < 1.29 is 18.0 Å². The van der Waals surface area contributed by atoms with Crippen molar-refractivity contribution in [3.05, 3.63) is 130 Å². The fourth-order valence-electron chi connectivity index (χ4n) is 5.06. The summed E-state index contributed by atoms with van der Waals surface area (Å²) in [6.07, 6.45) is 1.93. The Morgan fingerprint density at radius 2 is 1.49 bits per heavy atom. The molecular weight excluding hydrogens is 606 g/mol. The van der Waals surface area contributed by atoms with Gasteiger partial charge in [0.1, 0.15) is 12.6 Å². The third kappa shape index (κ3) is 8.74. The molecular formula is C36H40ClN3O4S. The second-order valence-electron chi connectivity index (χ2n) is 11.1. The molecule has 0 saturated heterocycles. The predicted molar refractivity (Wildman–Crippen MR) is 181 cm³/mol. The fraction of sp³-hybridized carbons (Fsp3) is 0.278. The molecule has 4 aromatic rings. The number of rotatable bonds is 14. The van der Waals surface area contributed by atoms with E-state index in [1.807, 2.05) is 56.3 Å². The lowest BCUT2D eigenvalue weighted by Gasteiger charge is -2.34. The van der Waals surface area contributed by atoms with Crippen LogP contribution < -0.4 is 9.62 Å². The summed E-state index contributed by atoms with van der Waals surface area (Å²) in [6.45, 7) is 5.69. The second kappa shape index (κ2) is 15.7. The molecule has 9 heteroatoms. The number of amides is 2. The van der Waals surface area contributed by atoms with Crippen molar-refractivity contribution in [2.24, 2.45) is 0 Å². The molecule has 4 rings (SSSR count). The van der Waals surface area contributed by atoms with E-state index in [9.17, 15) is 18.0 Å². The van der Waals surface area contributed by atoms with Crippen LogP contribution in [0.3, 0.4) is 0 Å². The highest BCUT2D eigenvalue weighted by atomic mass is 35.5. The maximum atomic E-state index is 14.5. The number of nitrogens with one attached hydrogen (secondary N) is 1. The van der Waals surface area contributed by atoms with Crippen LogP contribution in [-0.4, -0.2) is 44.3 Å². The first-order valence-electron chi connectivity index (χ1n) is 15.1. The number of unbranched alkanes of at least 4 members (excludes halogenated alkanes) is 1. The molecule has 0 saturated carbocycles. The number of carbonyl (C=O) groups excluding carboxylic acids is 2. The standard InChI is InChI=1S/C36H40ClN3O4S/c1-4-5-23-38-36(42)34(24-29-14-7-6-8-15-29)39(25-30-16-10-11-17-32(30)37)35(41)26-40(33-18-12-9-13-28(33)3)45(43,44)31-21-19-27(2)20-22-31/h6-22,34H,4-5,23-26H2,1-3H3,(H,38,42). The zero-order valence-corrected chi connectivity index (χ0v) is 27.5. The zero-order chi connectivity index (χ0) is 32.4. The number of sulfonamides is 1. The number of hydrogen-bond acceptors (Lipinski definition) is 4. The third-order valence-corrected chi connectivity index (χ3v) is 9.81. The molecule has 4 aromatic carbocycles. The van der Waals surface area contributed by atoms with Gasteiger partial charge in [0.25, 0.3) is 10.0 Å². The number of benzene rings is 4. The molecule has 0 aromatic heterocycles. The van der Waals surface area contributed by atoms with Gasteiger partial charge in [0.15, 0.2) is 0 Å². The van der Waals surface area contributed by atoms with Crippen molar-refractivity contribution in [1.82, 2.24) is 10.2 Å². The van der Waals surface area contributed by atoms with Crippen LogP contribution in [0.25, 0.3) is 0 Å². The largest absolute Gasteiger partial charge is 0.354 e. The second-order valence-corrected chi connectivity index (χ2v) is 13.3. The monoisotopic (exact) mass is 645 g/mol. The lowest BCUT2D eigenvalue weighted by molar-refractivity contribution is -0.140. The Labute approximate surface area is 271 Å². The molecule has 1 atom stereocenters. The molecule has 0 radical (unpaired) electrons. The van der Waals surface area contributed by atoms with Gasteiger partial charge >= 0.3 is 0 Å². The van der Waals surface area contributed by atoms with Crippen LogP contribution in [0.4, 0.5) is 5.69 Å². The Morgan fingerprint density at radius 1 is 0.844 bits per heavy atom. The quantitative estimate of drug-likeness (QED) is 0.155. The minimum absolute atomic E-state index is 0.0173. The van der Waals surface area contributed by atoms with E-state index in [1.54, 1.807) is 67.6 Å². The van der Waals surface area contributed by atoms with E-state index in [-0.39, 0.29) is 23.8 Å². The smallest absolute Gasteiger partial charge is 0.264 e. The van der Waals surface area contributed by atoms with Gasteiger partial charge in [0.2, 0.25) is 11.8 Å². The van der Waals surface area contributed by atoms with E-state index in [4.69, 9.17) is 11.6 Å². The van der Waals surface area contributed by atoms with Crippen molar-refractivity contribution in [1.29, 1.82) is 0 Å². The highest BCUT2D eigenvalue weighted by molar-refractivity contribution is 7.92.